The van der Waals surface area contributed by atoms with Gasteiger partial charge in [0.05, 0.1) is 19.3 Å². The Morgan fingerprint density at radius 3 is 2.68 bits per heavy atom. The Morgan fingerprint density at radius 1 is 1.42 bits per heavy atom. The molecule has 0 aromatic carbocycles. The molecule has 0 unspecified atom stereocenters. The fourth-order valence-corrected chi connectivity index (χ4v) is 1.54. The van der Waals surface area contributed by atoms with E-state index in [1.807, 2.05) is 20.8 Å². The predicted molar refractivity (Wildman–Crippen MR) is 65.8 cm³/mol. The Kier molecular flexibility index (Phi) is 5.81. The summed E-state index contributed by atoms with van der Waals surface area (Å²) in [5.74, 6) is 0. The quantitative estimate of drug-likeness (QED) is 0.778. The molecule has 19 heavy (non-hydrogen) atoms. The van der Waals surface area contributed by atoms with Crippen molar-refractivity contribution in [3.63, 3.8) is 0 Å². The van der Waals surface area contributed by atoms with Gasteiger partial charge in [-0.3, -0.25) is 4.68 Å². The molecule has 0 aliphatic rings. The Labute approximate surface area is 110 Å². The van der Waals surface area contributed by atoms with E-state index >= 15 is 0 Å². The van der Waals surface area contributed by atoms with Gasteiger partial charge in [-0.05, 0) is 6.92 Å². The average Bonchev–Trinajstić information content (AvgIpc) is 2.62. The van der Waals surface area contributed by atoms with Crippen LogP contribution in [0.1, 0.15) is 25.1 Å². The second-order valence-electron chi connectivity index (χ2n) is 4.68. The summed E-state index contributed by atoms with van der Waals surface area (Å²) in [6.07, 6.45) is -2.54. The van der Waals surface area contributed by atoms with E-state index in [1.54, 1.807) is 10.9 Å². The SMILES string of the molecule is Cc1c(CNC(C)C)cnn1CCOCC(F)(F)F. The molecule has 0 radical (unpaired) electrons. The minimum atomic E-state index is -4.27. The molecule has 1 N–H and O–H groups in total. The van der Waals surface area contributed by atoms with Gasteiger partial charge in [0.1, 0.15) is 6.61 Å². The molecule has 0 fully saturated rings. The maximum atomic E-state index is 11.9. The van der Waals surface area contributed by atoms with Crippen LogP contribution in [0.2, 0.25) is 0 Å². The molecular weight excluding hydrogens is 259 g/mol. The lowest BCUT2D eigenvalue weighted by molar-refractivity contribution is -0.174. The third kappa shape index (κ3) is 6.07. The Balaban J connectivity index is 2.38. The van der Waals surface area contributed by atoms with Gasteiger partial charge in [-0.15, -0.1) is 0 Å². The van der Waals surface area contributed by atoms with Crippen LogP contribution in [0.5, 0.6) is 0 Å². The highest BCUT2D eigenvalue weighted by atomic mass is 19.4. The lowest BCUT2D eigenvalue weighted by Crippen LogP contribution is -2.22. The van der Waals surface area contributed by atoms with Crippen LogP contribution in [0.15, 0.2) is 6.20 Å². The number of nitrogens with one attached hydrogen (secondary N) is 1. The molecule has 0 spiro atoms. The average molecular weight is 279 g/mol. The van der Waals surface area contributed by atoms with Crippen molar-refractivity contribution in [2.24, 2.45) is 0 Å². The van der Waals surface area contributed by atoms with Gasteiger partial charge in [-0.25, -0.2) is 0 Å². The second-order valence-corrected chi connectivity index (χ2v) is 4.68. The van der Waals surface area contributed by atoms with E-state index in [-0.39, 0.29) is 6.61 Å². The molecule has 1 rings (SSSR count). The molecule has 4 nitrogen and oxygen atoms in total. The summed E-state index contributed by atoms with van der Waals surface area (Å²) in [5, 5.41) is 7.41. The van der Waals surface area contributed by atoms with Crippen LogP contribution in [0.3, 0.4) is 0 Å². The lowest BCUT2D eigenvalue weighted by atomic mass is 10.2. The molecule has 110 valence electrons. The molecule has 0 amide bonds. The van der Waals surface area contributed by atoms with Crippen LogP contribution in [0, 0.1) is 6.92 Å². The van der Waals surface area contributed by atoms with Crippen molar-refractivity contribution in [1.29, 1.82) is 0 Å². The molecule has 0 atom stereocenters. The molecular formula is C12H20F3N3O. The van der Waals surface area contributed by atoms with Crippen molar-refractivity contribution in [2.75, 3.05) is 13.2 Å². The van der Waals surface area contributed by atoms with Gasteiger partial charge < -0.3 is 10.1 Å². The zero-order valence-corrected chi connectivity index (χ0v) is 11.4. The first-order valence-corrected chi connectivity index (χ1v) is 6.19. The monoisotopic (exact) mass is 279 g/mol. The normalized spacial score (nSPS) is 12.4. The topological polar surface area (TPSA) is 39.1 Å². The number of hydrogen-bond donors (Lipinski definition) is 1. The molecule has 0 aliphatic carbocycles. The van der Waals surface area contributed by atoms with E-state index in [0.29, 0.717) is 19.1 Å². The first kappa shape index (κ1) is 16.0. The van der Waals surface area contributed by atoms with Gasteiger partial charge in [-0.2, -0.15) is 18.3 Å². The van der Waals surface area contributed by atoms with Gasteiger partial charge in [0.15, 0.2) is 0 Å². The Bertz CT molecular complexity index is 388. The molecule has 1 heterocycles. The van der Waals surface area contributed by atoms with Crippen molar-refractivity contribution in [3.8, 4) is 0 Å². The number of rotatable bonds is 7. The van der Waals surface area contributed by atoms with Gasteiger partial charge in [0, 0.05) is 23.8 Å². The fourth-order valence-electron chi connectivity index (χ4n) is 1.54. The zero-order valence-electron chi connectivity index (χ0n) is 11.4. The molecule has 1 aromatic heterocycles. The summed E-state index contributed by atoms with van der Waals surface area (Å²) >= 11 is 0. The first-order chi connectivity index (χ1) is 8.79. The lowest BCUT2D eigenvalue weighted by Gasteiger charge is -2.10. The minimum Gasteiger partial charge on any atom is -0.370 e. The highest BCUT2D eigenvalue weighted by Gasteiger charge is 2.27. The molecule has 1 aromatic rings. The second kappa shape index (κ2) is 6.91. The van der Waals surface area contributed by atoms with Gasteiger partial charge in [0.2, 0.25) is 0 Å². The van der Waals surface area contributed by atoms with Crippen molar-refractivity contribution in [3.05, 3.63) is 17.5 Å². The van der Waals surface area contributed by atoms with Crippen LogP contribution in [-0.2, 0) is 17.8 Å². The molecule has 0 saturated heterocycles. The molecule has 0 aliphatic heterocycles. The summed E-state index contributed by atoms with van der Waals surface area (Å²) in [6, 6.07) is 0.373. The fraction of sp³-hybridized carbons (Fsp3) is 0.750. The number of halogens is 3. The van der Waals surface area contributed by atoms with Crippen LogP contribution in [-0.4, -0.2) is 35.2 Å². The summed E-state index contributed by atoms with van der Waals surface area (Å²) in [7, 11) is 0. The highest BCUT2D eigenvalue weighted by Crippen LogP contribution is 2.14. The maximum absolute atomic E-state index is 11.9. The summed E-state index contributed by atoms with van der Waals surface area (Å²) < 4.78 is 41.9. The van der Waals surface area contributed by atoms with E-state index in [1.165, 1.54) is 0 Å². The number of hydrogen-bond acceptors (Lipinski definition) is 3. The maximum Gasteiger partial charge on any atom is 0.411 e. The van der Waals surface area contributed by atoms with Crippen molar-refractivity contribution < 1.29 is 17.9 Å². The van der Waals surface area contributed by atoms with Crippen LogP contribution >= 0.6 is 0 Å². The predicted octanol–water partition coefficient (Wildman–Crippen LogP) is 2.27. The van der Waals surface area contributed by atoms with Gasteiger partial charge in [-0.1, -0.05) is 13.8 Å². The highest BCUT2D eigenvalue weighted by molar-refractivity contribution is 5.15. The van der Waals surface area contributed by atoms with E-state index < -0.39 is 12.8 Å². The van der Waals surface area contributed by atoms with E-state index in [9.17, 15) is 13.2 Å². The molecule has 0 bridgehead atoms. The van der Waals surface area contributed by atoms with E-state index in [0.717, 1.165) is 11.3 Å². The smallest absolute Gasteiger partial charge is 0.370 e. The summed E-state index contributed by atoms with van der Waals surface area (Å²) in [4.78, 5) is 0. The number of alkyl halides is 3. The molecule has 7 heteroatoms. The zero-order chi connectivity index (χ0) is 14.5. The number of aromatic nitrogens is 2. The van der Waals surface area contributed by atoms with Crippen molar-refractivity contribution >= 4 is 0 Å². The summed E-state index contributed by atoms with van der Waals surface area (Å²) in [6.45, 7) is 5.80. The molecule has 0 saturated carbocycles. The number of nitrogens with zero attached hydrogens (tertiary/aromatic N) is 2. The third-order valence-corrected chi connectivity index (χ3v) is 2.62. The number of ether oxygens (including phenoxy) is 1. The van der Waals surface area contributed by atoms with Crippen molar-refractivity contribution in [2.45, 2.75) is 46.1 Å². The third-order valence-electron chi connectivity index (χ3n) is 2.62. The Morgan fingerprint density at radius 2 is 2.11 bits per heavy atom. The largest absolute Gasteiger partial charge is 0.411 e. The van der Waals surface area contributed by atoms with Crippen LogP contribution in [0.25, 0.3) is 0 Å². The van der Waals surface area contributed by atoms with Crippen LogP contribution in [0.4, 0.5) is 13.2 Å². The van der Waals surface area contributed by atoms with E-state index in [2.05, 4.69) is 15.2 Å². The van der Waals surface area contributed by atoms with Crippen molar-refractivity contribution in [1.82, 2.24) is 15.1 Å². The minimum absolute atomic E-state index is 0.000914. The van der Waals surface area contributed by atoms with E-state index in [4.69, 9.17) is 0 Å². The Hall–Kier alpha value is -1.08. The first-order valence-electron chi connectivity index (χ1n) is 6.19. The van der Waals surface area contributed by atoms with Gasteiger partial charge in [0.25, 0.3) is 0 Å². The van der Waals surface area contributed by atoms with Gasteiger partial charge >= 0.3 is 6.18 Å². The standard InChI is InChI=1S/C12H20F3N3O/c1-9(2)16-6-11-7-17-18(10(11)3)4-5-19-8-12(13,14)15/h7,9,16H,4-6,8H2,1-3H3. The van der Waals surface area contributed by atoms with Crippen LogP contribution < -0.4 is 5.32 Å². The summed E-state index contributed by atoms with van der Waals surface area (Å²) in [5.41, 5.74) is 1.99.